The van der Waals surface area contributed by atoms with Gasteiger partial charge in [-0.3, -0.25) is 0 Å². The second kappa shape index (κ2) is 7.67. The van der Waals surface area contributed by atoms with Crippen molar-refractivity contribution in [3.05, 3.63) is 53.0 Å². The fourth-order valence-electron chi connectivity index (χ4n) is 3.51. The van der Waals surface area contributed by atoms with Crippen molar-refractivity contribution in [1.82, 2.24) is 0 Å². The van der Waals surface area contributed by atoms with Gasteiger partial charge in [0.25, 0.3) is 0 Å². The van der Waals surface area contributed by atoms with Crippen LogP contribution in [0.5, 0.6) is 0 Å². The van der Waals surface area contributed by atoms with Crippen molar-refractivity contribution in [2.45, 2.75) is 46.0 Å². The lowest BCUT2D eigenvalue weighted by Gasteiger charge is -2.36. The van der Waals surface area contributed by atoms with Crippen molar-refractivity contribution in [3.8, 4) is 0 Å². The Morgan fingerprint density at radius 3 is 3.00 bits per heavy atom. The lowest BCUT2D eigenvalue weighted by molar-refractivity contribution is 0.249. The molecule has 22 heavy (non-hydrogen) atoms. The number of hydrogen-bond donors (Lipinski definition) is 1. The molecule has 1 N–H and O–H groups in total. The normalized spacial score (nSPS) is 31.1. The minimum absolute atomic E-state index is 0.137. The van der Waals surface area contributed by atoms with Crippen LogP contribution in [0.1, 0.15) is 46.0 Å². The molecule has 0 radical (unpaired) electrons. The van der Waals surface area contributed by atoms with E-state index in [0.717, 1.165) is 31.4 Å². The van der Waals surface area contributed by atoms with Crippen LogP contribution in [-0.2, 0) is 4.74 Å². The fraction of sp³-hybridized carbons (Fsp3) is 0.550. The van der Waals surface area contributed by atoms with E-state index in [1.807, 2.05) is 12.2 Å². The largest absolute Gasteiger partial charge is 0.501 e. The molecule has 2 nitrogen and oxygen atoms in total. The molecule has 2 atom stereocenters. The minimum Gasteiger partial charge on any atom is -0.501 e. The molecule has 2 heteroatoms. The van der Waals surface area contributed by atoms with Crippen LogP contribution in [0, 0.1) is 11.3 Å². The van der Waals surface area contributed by atoms with E-state index < -0.39 is 0 Å². The quantitative estimate of drug-likeness (QED) is 0.465. The van der Waals surface area contributed by atoms with Crippen molar-refractivity contribution in [2.24, 2.45) is 11.3 Å². The third-order valence-electron chi connectivity index (χ3n) is 5.26. The lowest BCUT2D eigenvalue weighted by Crippen LogP contribution is -2.26. The second-order valence-corrected chi connectivity index (χ2v) is 6.60. The number of hydrogen-bond acceptors (Lipinski definition) is 2. The molecule has 0 bridgehead atoms. The second-order valence-electron chi connectivity index (χ2n) is 6.60. The van der Waals surface area contributed by atoms with Crippen LogP contribution in [-0.4, -0.2) is 18.8 Å². The molecule has 1 fully saturated rings. The summed E-state index contributed by atoms with van der Waals surface area (Å²) < 4.78 is 5.39. The molecule has 2 unspecified atom stereocenters. The standard InChI is InChI=1S/C20H28O2/c1-16-15-17(12-14-21)7-6-13-20(16,2)18-8-4-5-9-19(22-3)11-10-18/h5,8,10-12,16,21H,6-7,9,13-15H2,1-3H3. The van der Waals surface area contributed by atoms with Crippen LogP contribution >= 0.6 is 0 Å². The van der Waals surface area contributed by atoms with E-state index in [2.05, 4.69) is 37.8 Å². The molecule has 0 heterocycles. The van der Waals surface area contributed by atoms with Gasteiger partial charge in [-0.25, -0.2) is 0 Å². The lowest BCUT2D eigenvalue weighted by atomic mass is 9.68. The van der Waals surface area contributed by atoms with Gasteiger partial charge in [0.05, 0.1) is 19.5 Å². The first kappa shape index (κ1) is 16.9. The first-order valence-corrected chi connectivity index (χ1v) is 8.25. The molecule has 0 aromatic heterocycles. The van der Waals surface area contributed by atoms with Crippen LogP contribution in [0.4, 0.5) is 0 Å². The average Bonchev–Trinajstić information content (AvgIpc) is 2.60. The topological polar surface area (TPSA) is 29.5 Å². The molecular formula is C20H28O2. The summed E-state index contributed by atoms with van der Waals surface area (Å²) in [5.41, 5.74) is 6.18. The van der Waals surface area contributed by atoms with E-state index in [0.29, 0.717) is 5.92 Å². The van der Waals surface area contributed by atoms with Gasteiger partial charge in [-0.2, -0.15) is 0 Å². The summed E-state index contributed by atoms with van der Waals surface area (Å²) in [6.07, 6.45) is 15.8. The van der Waals surface area contributed by atoms with Gasteiger partial charge >= 0.3 is 0 Å². The van der Waals surface area contributed by atoms with Gasteiger partial charge in [-0.05, 0) is 60.8 Å². The van der Waals surface area contributed by atoms with Crippen LogP contribution in [0.2, 0.25) is 0 Å². The Hall–Kier alpha value is -1.50. The van der Waals surface area contributed by atoms with E-state index in [4.69, 9.17) is 4.74 Å². The maximum absolute atomic E-state index is 9.17. The Balaban J connectivity index is 2.32. The fourth-order valence-corrected chi connectivity index (χ4v) is 3.51. The van der Waals surface area contributed by atoms with Gasteiger partial charge in [0, 0.05) is 6.42 Å². The molecule has 2 aliphatic rings. The van der Waals surface area contributed by atoms with Crippen molar-refractivity contribution in [3.63, 3.8) is 0 Å². The molecule has 1 saturated carbocycles. The van der Waals surface area contributed by atoms with E-state index >= 15 is 0 Å². The third kappa shape index (κ3) is 3.82. The molecule has 2 aliphatic carbocycles. The molecule has 0 spiro atoms. The molecule has 0 amide bonds. The van der Waals surface area contributed by atoms with Gasteiger partial charge in [0.2, 0.25) is 0 Å². The Morgan fingerprint density at radius 1 is 1.45 bits per heavy atom. The number of rotatable bonds is 3. The number of aliphatic hydroxyl groups is 1. The summed E-state index contributed by atoms with van der Waals surface area (Å²) in [7, 11) is 1.72. The van der Waals surface area contributed by atoms with Crippen molar-refractivity contribution < 1.29 is 9.84 Å². The highest BCUT2D eigenvalue weighted by atomic mass is 16.5. The molecular weight excluding hydrogens is 272 g/mol. The predicted octanol–water partition coefficient (Wildman–Crippen LogP) is 4.69. The maximum Gasteiger partial charge on any atom is 0.0999 e. The third-order valence-corrected chi connectivity index (χ3v) is 5.26. The Labute approximate surface area is 134 Å². The first-order valence-electron chi connectivity index (χ1n) is 8.25. The highest BCUT2D eigenvalue weighted by Gasteiger charge is 2.35. The average molecular weight is 300 g/mol. The van der Waals surface area contributed by atoms with Crippen LogP contribution in [0.3, 0.4) is 0 Å². The van der Waals surface area contributed by atoms with Gasteiger partial charge in [-0.1, -0.05) is 31.6 Å². The van der Waals surface area contributed by atoms with Gasteiger partial charge < -0.3 is 9.84 Å². The Morgan fingerprint density at radius 2 is 2.27 bits per heavy atom. The van der Waals surface area contributed by atoms with Gasteiger partial charge in [0.1, 0.15) is 0 Å². The zero-order valence-electron chi connectivity index (χ0n) is 14.1. The predicted molar refractivity (Wildman–Crippen MR) is 91.4 cm³/mol. The minimum atomic E-state index is 0.137. The number of ether oxygens (including phenoxy) is 1. The highest BCUT2D eigenvalue weighted by Crippen LogP contribution is 2.46. The highest BCUT2D eigenvalue weighted by molar-refractivity contribution is 5.34. The SMILES string of the molecule is COC1=CC=C(C2(C)CCCC(=CCO)CC2C)C=C=CC1. The molecule has 0 aromatic rings. The Kier molecular flexibility index (Phi) is 5.88. The van der Waals surface area contributed by atoms with Crippen molar-refractivity contribution >= 4 is 0 Å². The molecule has 0 aliphatic heterocycles. The number of methoxy groups -OCH3 is 1. The zero-order chi connectivity index (χ0) is 16.0. The summed E-state index contributed by atoms with van der Waals surface area (Å²) in [5, 5.41) is 9.17. The Bertz CT molecular complexity index is 544. The smallest absolute Gasteiger partial charge is 0.0999 e. The molecule has 0 saturated heterocycles. The molecule has 120 valence electrons. The summed E-state index contributed by atoms with van der Waals surface area (Å²) in [4.78, 5) is 0. The number of aliphatic hydroxyl groups excluding tert-OH is 1. The van der Waals surface area contributed by atoms with E-state index in [9.17, 15) is 5.11 Å². The van der Waals surface area contributed by atoms with Crippen molar-refractivity contribution in [2.75, 3.05) is 13.7 Å². The summed E-state index contributed by atoms with van der Waals surface area (Å²) in [5.74, 6) is 1.51. The maximum atomic E-state index is 9.17. The van der Waals surface area contributed by atoms with E-state index in [1.165, 1.54) is 17.6 Å². The molecule has 0 aromatic carbocycles. The van der Waals surface area contributed by atoms with E-state index in [-0.39, 0.29) is 12.0 Å². The summed E-state index contributed by atoms with van der Waals surface area (Å²) in [6.45, 7) is 4.85. The summed E-state index contributed by atoms with van der Waals surface area (Å²) >= 11 is 0. The van der Waals surface area contributed by atoms with Crippen LogP contribution in [0.15, 0.2) is 53.0 Å². The van der Waals surface area contributed by atoms with Gasteiger partial charge in [0.15, 0.2) is 0 Å². The summed E-state index contributed by atoms with van der Waals surface area (Å²) in [6, 6.07) is 0. The number of allylic oxidation sites excluding steroid dienone is 5. The molecule has 2 rings (SSSR count). The zero-order valence-corrected chi connectivity index (χ0v) is 14.1. The van der Waals surface area contributed by atoms with E-state index in [1.54, 1.807) is 7.11 Å². The monoisotopic (exact) mass is 300 g/mol. The van der Waals surface area contributed by atoms with Crippen LogP contribution in [0.25, 0.3) is 0 Å². The van der Waals surface area contributed by atoms with Crippen molar-refractivity contribution in [1.29, 1.82) is 0 Å². The van der Waals surface area contributed by atoms with Gasteiger partial charge in [-0.15, -0.1) is 5.73 Å². The van der Waals surface area contributed by atoms with Crippen LogP contribution < -0.4 is 0 Å². The first-order chi connectivity index (χ1) is 10.6.